The van der Waals surface area contributed by atoms with Crippen LogP contribution in [0.15, 0.2) is 41.8 Å². The topological polar surface area (TPSA) is 46.3 Å². The molecule has 2 N–H and O–H groups in total. The molecule has 0 radical (unpaired) electrons. The maximum absolute atomic E-state index is 12.7. The highest BCUT2D eigenvalue weighted by Gasteiger charge is 2.32. The van der Waals surface area contributed by atoms with E-state index in [2.05, 4.69) is 11.4 Å². The molecule has 2 aromatic rings. The molecule has 0 atom stereocenters. The Balaban J connectivity index is 2.04. The predicted octanol–water partition coefficient (Wildman–Crippen LogP) is 3.31. The van der Waals surface area contributed by atoms with Crippen molar-refractivity contribution in [3.63, 3.8) is 0 Å². The molecule has 0 bridgehead atoms. The van der Waals surface area contributed by atoms with Crippen molar-refractivity contribution < 1.29 is 4.79 Å². The van der Waals surface area contributed by atoms with Crippen LogP contribution in [-0.4, -0.2) is 24.4 Å². The number of rotatable bonds is 5. The second-order valence-corrected chi connectivity index (χ2v) is 6.84. The van der Waals surface area contributed by atoms with E-state index in [1.807, 2.05) is 56.1 Å². The number of nitrogen functional groups attached to an aromatic ring is 1. The summed E-state index contributed by atoms with van der Waals surface area (Å²) in [6.07, 6.45) is 0.901. The molecule has 21 heavy (non-hydrogen) atoms. The Hall–Kier alpha value is -1.81. The Morgan fingerprint density at radius 3 is 2.48 bits per heavy atom. The average molecular weight is 302 g/mol. The van der Waals surface area contributed by atoms with Crippen molar-refractivity contribution in [1.29, 1.82) is 0 Å². The molecule has 1 amide bonds. The predicted molar refractivity (Wildman–Crippen MR) is 89.5 cm³/mol. The van der Waals surface area contributed by atoms with E-state index in [0.29, 0.717) is 5.69 Å². The number of thiophene rings is 1. The van der Waals surface area contributed by atoms with Gasteiger partial charge in [-0.25, -0.2) is 0 Å². The Kier molecular flexibility index (Phi) is 4.68. The summed E-state index contributed by atoms with van der Waals surface area (Å²) in [5.74, 6) is 0.129. The minimum absolute atomic E-state index is 0.129. The maximum Gasteiger partial charge on any atom is 0.232 e. The largest absolute Gasteiger partial charge is 0.399 e. The van der Waals surface area contributed by atoms with Gasteiger partial charge in [-0.3, -0.25) is 4.79 Å². The first-order chi connectivity index (χ1) is 9.91. The summed E-state index contributed by atoms with van der Waals surface area (Å²) in [7, 11) is 1.87. The lowest BCUT2D eigenvalue weighted by molar-refractivity contribution is -0.134. The molecule has 1 aromatic carbocycles. The summed E-state index contributed by atoms with van der Waals surface area (Å²) in [6, 6.07) is 11.7. The van der Waals surface area contributed by atoms with Gasteiger partial charge < -0.3 is 10.6 Å². The lowest BCUT2D eigenvalue weighted by atomic mass is 9.83. The van der Waals surface area contributed by atoms with Gasteiger partial charge in [-0.05, 0) is 49.4 Å². The lowest BCUT2D eigenvalue weighted by Crippen LogP contribution is -2.42. The number of nitrogens with zero attached hydrogens (tertiary/aromatic N) is 1. The Labute approximate surface area is 130 Å². The highest BCUT2D eigenvalue weighted by Crippen LogP contribution is 2.26. The van der Waals surface area contributed by atoms with Crippen molar-refractivity contribution in [2.24, 2.45) is 0 Å². The fourth-order valence-corrected chi connectivity index (χ4v) is 3.03. The summed E-state index contributed by atoms with van der Waals surface area (Å²) in [5, 5.41) is 2.06. The van der Waals surface area contributed by atoms with Crippen LogP contribution in [0.25, 0.3) is 0 Å². The standard InChI is InChI=1S/C17H22N2OS/c1-17(2,13-6-8-14(18)9-7-13)16(20)19(3)11-10-15-5-4-12-21-15/h4-9,12H,10-11,18H2,1-3H3. The van der Waals surface area contributed by atoms with Crippen molar-refractivity contribution in [1.82, 2.24) is 4.90 Å². The fraction of sp³-hybridized carbons (Fsp3) is 0.353. The van der Waals surface area contributed by atoms with Crippen molar-refractivity contribution >= 4 is 22.9 Å². The van der Waals surface area contributed by atoms with E-state index in [1.165, 1.54) is 4.88 Å². The number of hydrogen-bond donors (Lipinski definition) is 1. The zero-order valence-electron chi connectivity index (χ0n) is 12.8. The van der Waals surface area contributed by atoms with E-state index in [1.54, 1.807) is 11.3 Å². The summed E-state index contributed by atoms with van der Waals surface area (Å²) in [4.78, 5) is 15.8. The van der Waals surface area contributed by atoms with Gasteiger partial charge in [0.05, 0.1) is 5.41 Å². The molecule has 0 spiro atoms. The second-order valence-electron chi connectivity index (χ2n) is 5.80. The monoisotopic (exact) mass is 302 g/mol. The molecular weight excluding hydrogens is 280 g/mol. The zero-order chi connectivity index (χ0) is 15.5. The third-order valence-electron chi connectivity index (χ3n) is 3.79. The molecule has 4 heteroatoms. The smallest absolute Gasteiger partial charge is 0.232 e. The van der Waals surface area contributed by atoms with E-state index in [4.69, 9.17) is 5.73 Å². The van der Waals surface area contributed by atoms with Crippen LogP contribution in [0.4, 0.5) is 5.69 Å². The number of benzene rings is 1. The molecule has 0 fully saturated rings. The van der Waals surface area contributed by atoms with Crippen LogP contribution in [0, 0.1) is 0 Å². The summed E-state index contributed by atoms with van der Waals surface area (Å²) >= 11 is 1.73. The van der Waals surface area contributed by atoms with Gasteiger partial charge in [0.15, 0.2) is 0 Å². The molecular formula is C17H22N2OS. The van der Waals surface area contributed by atoms with Gasteiger partial charge in [0.2, 0.25) is 5.91 Å². The molecule has 1 aromatic heterocycles. The zero-order valence-corrected chi connectivity index (χ0v) is 13.6. The van der Waals surface area contributed by atoms with Crippen molar-refractivity contribution in [3.8, 4) is 0 Å². The third kappa shape index (κ3) is 3.64. The molecule has 0 aliphatic heterocycles. The second kappa shape index (κ2) is 6.31. The van der Waals surface area contributed by atoms with E-state index < -0.39 is 5.41 Å². The molecule has 112 valence electrons. The van der Waals surface area contributed by atoms with Gasteiger partial charge in [-0.1, -0.05) is 18.2 Å². The molecule has 0 saturated heterocycles. The number of nitrogens with two attached hydrogens (primary N) is 1. The van der Waals surface area contributed by atoms with Gasteiger partial charge in [0, 0.05) is 24.2 Å². The highest BCUT2D eigenvalue weighted by molar-refractivity contribution is 7.09. The van der Waals surface area contributed by atoms with Crippen molar-refractivity contribution in [3.05, 3.63) is 52.2 Å². The summed E-state index contributed by atoms with van der Waals surface area (Å²) in [5.41, 5.74) is 6.88. The number of likely N-dealkylation sites (N-methyl/N-ethyl adjacent to an activating group) is 1. The van der Waals surface area contributed by atoms with Crippen LogP contribution >= 0.6 is 11.3 Å². The summed E-state index contributed by atoms with van der Waals surface area (Å²) in [6.45, 7) is 4.66. The van der Waals surface area contributed by atoms with E-state index in [9.17, 15) is 4.79 Å². The average Bonchev–Trinajstić information content (AvgIpc) is 2.97. The Morgan fingerprint density at radius 1 is 1.24 bits per heavy atom. The first-order valence-electron chi connectivity index (χ1n) is 7.05. The number of anilines is 1. The SMILES string of the molecule is CN(CCc1cccs1)C(=O)C(C)(C)c1ccc(N)cc1. The van der Waals surface area contributed by atoms with Gasteiger partial charge in [0.1, 0.15) is 0 Å². The Morgan fingerprint density at radius 2 is 1.90 bits per heavy atom. The number of amides is 1. The van der Waals surface area contributed by atoms with Crippen LogP contribution in [0.2, 0.25) is 0 Å². The van der Waals surface area contributed by atoms with Crippen LogP contribution in [0.5, 0.6) is 0 Å². The molecule has 2 rings (SSSR count). The minimum Gasteiger partial charge on any atom is -0.399 e. The number of carbonyl (C=O) groups is 1. The molecule has 0 unspecified atom stereocenters. The molecule has 0 aliphatic carbocycles. The molecule has 3 nitrogen and oxygen atoms in total. The lowest BCUT2D eigenvalue weighted by Gasteiger charge is -2.30. The van der Waals surface area contributed by atoms with Crippen LogP contribution in [0.1, 0.15) is 24.3 Å². The van der Waals surface area contributed by atoms with Crippen molar-refractivity contribution in [2.45, 2.75) is 25.7 Å². The van der Waals surface area contributed by atoms with E-state index in [0.717, 1.165) is 18.5 Å². The van der Waals surface area contributed by atoms with E-state index in [-0.39, 0.29) is 5.91 Å². The van der Waals surface area contributed by atoms with Gasteiger partial charge in [0.25, 0.3) is 0 Å². The van der Waals surface area contributed by atoms with Crippen LogP contribution in [-0.2, 0) is 16.6 Å². The first kappa shape index (κ1) is 15.6. The first-order valence-corrected chi connectivity index (χ1v) is 7.93. The van der Waals surface area contributed by atoms with Gasteiger partial charge in [-0.15, -0.1) is 11.3 Å². The summed E-state index contributed by atoms with van der Waals surface area (Å²) < 4.78 is 0. The maximum atomic E-state index is 12.7. The van der Waals surface area contributed by atoms with E-state index >= 15 is 0 Å². The van der Waals surface area contributed by atoms with Crippen LogP contribution in [0.3, 0.4) is 0 Å². The van der Waals surface area contributed by atoms with Crippen LogP contribution < -0.4 is 5.73 Å². The highest BCUT2D eigenvalue weighted by atomic mass is 32.1. The van der Waals surface area contributed by atoms with Gasteiger partial charge in [-0.2, -0.15) is 0 Å². The van der Waals surface area contributed by atoms with Gasteiger partial charge >= 0.3 is 0 Å². The quantitative estimate of drug-likeness (QED) is 0.861. The number of hydrogen-bond acceptors (Lipinski definition) is 3. The minimum atomic E-state index is -0.544. The number of carbonyl (C=O) groups excluding carboxylic acids is 1. The Bertz CT molecular complexity index is 588. The van der Waals surface area contributed by atoms with Crippen molar-refractivity contribution in [2.75, 3.05) is 19.3 Å². The molecule has 0 saturated carbocycles. The molecule has 1 heterocycles. The molecule has 0 aliphatic rings. The normalized spacial score (nSPS) is 11.4. The third-order valence-corrected chi connectivity index (χ3v) is 4.72. The fourth-order valence-electron chi connectivity index (χ4n) is 2.33.